The summed E-state index contributed by atoms with van der Waals surface area (Å²) in [6.45, 7) is 9.09. The summed E-state index contributed by atoms with van der Waals surface area (Å²) < 4.78 is 6.24. The van der Waals surface area contributed by atoms with Crippen LogP contribution in [0.1, 0.15) is 26.7 Å². The lowest BCUT2D eigenvalue weighted by molar-refractivity contribution is -0.166. The van der Waals surface area contributed by atoms with Crippen LogP contribution in [0.2, 0.25) is 0 Å². The first kappa shape index (κ1) is 14.6. The Morgan fingerprint density at radius 1 is 1.37 bits per heavy atom. The number of hydrogen-bond donors (Lipinski definition) is 0. The van der Waals surface area contributed by atoms with E-state index in [2.05, 4.69) is 18.7 Å². The maximum Gasteiger partial charge on any atom is 0.319 e. The number of ether oxygens (including phenoxy) is 1. The van der Waals surface area contributed by atoms with E-state index >= 15 is 0 Å². The van der Waals surface area contributed by atoms with E-state index in [-0.39, 0.29) is 11.6 Å². The van der Waals surface area contributed by atoms with Gasteiger partial charge in [-0.1, -0.05) is 6.92 Å². The van der Waals surface area contributed by atoms with Crippen LogP contribution in [0.3, 0.4) is 0 Å². The van der Waals surface area contributed by atoms with Crippen molar-refractivity contribution in [3.8, 4) is 0 Å². The Morgan fingerprint density at radius 3 is 2.53 bits per heavy atom. The third kappa shape index (κ3) is 3.20. The molecular weight excluding hydrogens is 242 g/mol. The summed E-state index contributed by atoms with van der Waals surface area (Å²) in [6.07, 6.45) is 2.20. The fraction of sp³-hybridized carbons (Fsp3) is 0.929. The largest absolute Gasteiger partial charge is 0.369 e. The normalized spacial score (nSPS) is 27.6. The molecule has 0 aromatic rings. The SMILES string of the molecule is CCN1CC(C)OC2(CCN(C(=O)N(C)C)CC2)C1. The Labute approximate surface area is 116 Å². The number of rotatable bonds is 1. The van der Waals surface area contributed by atoms with Crippen LogP contribution >= 0.6 is 0 Å². The molecule has 2 rings (SSSR count). The van der Waals surface area contributed by atoms with Gasteiger partial charge in [-0.25, -0.2) is 4.79 Å². The maximum atomic E-state index is 12.0. The van der Waals surface area contributed by atoms with E-state index in [1.54, 1.807) is 4.90 Å². The zero-order valence-corrected chi connectivity index (χ0v) is 12.7. The van der Waals surface area contributed by atoms with Crippen LogP contribution < -0.4 is 0 Å². The van der Waals surface area contributed by atoms with Crippen molar-refractivity contribution in [3.63, 3.8) is 0 Å². The van der Waals surface area contributed by atoms with Gasteiger partial charge in [0, 0.05) is 40.3 Å². The van der Waals surface area contributed by atoms with Gasteiger partial charge in [0.15, 0.2) is 0 Å². The van der Waals surface area contributed by atoms with Gasteiger partial charge in [0.05, 0.1) is 11.7 Å². The smallest absolute Gasteiger partial charge is 0.319 e. The van der Waals surface area contributed by atoms with Gasteiger partial charge >= 0.3 is 6.03 Å². The first-order valence-electron chi connectivity index (χ1n) is 7.32. The minimum atomic E-state index is -0.0310. The summed E-state index contributed by atoms with van der Waals surface area (Å²) in [4.78, 5) is 18.0. The molecule has 0 radical (unpaired) electrons. The van der Waals surface area contributed by atoms with Gasteiger partial charge < -0.3 is 14.5 Å². The quantitative estimate of drug-likeness (QED) is 0.718. The number of nitrogens with zero attached hydrogens (tertiary/aromatic N) is 3. The Kier molecular flexibility index (Phi) is 4.36. The lowest BCUT2D eigenvalue weighted by atomic mass is 9.88. The highest BCUT2D eigenvalue weighted by atomic mass is 16.5. The summed E-state index contributed by atoms with van der Waals surface area (Å²) in [5, 5.41) is 0. The monoisotopic (exact) mass is 269 g/mol. The van der Waals surface area contributed by atoms with Crippen molar-refractivity contribution < 1.29 is 9.53 Å². The van der Waals surface area contributed by atoms with E-state index in [1.165, 1.54) is 0 Å². The van der Waals surface area contributed by atoms with E-state index in [9.17, 15) is 4.79 Å². The third-order valence-corrected chi connectivity index (χ3v) is 4.25. The molecule has 1 spiro atoms. The van der Waals surface area contributed by atoms with Gasteiger partial charge in [-0.05, 0) is 26.3 Å². The van der Waals surface area contributed by atoms with Crippen molar-refractivity contribution in [3.05, 3.63) is 0 Å². The zero-order valence-electron chi connectivity index (χ0n) is 12.7. The molecule has 0 N–H and O–H groups in total. The first-order chi connectivity index (χ1) is 8.96. The zero-order chi connectivity index (χ0) is 14.0. The summed E-state index contributed by atoms with van der Waals surface area (Å²) in [5.41, 5.74) is -0.0310. The summed E-state index contributed by atoms with van der Waals surface area (Å²) in [5.74, 6) is 0. The number of piperidine rings is 1. The highest BCUT2D eigenvalue weighted by molar-refractivity contribution is 5.73. The van der Waals surface area contributed by atoms with Crippen molar-refractivity contribution >= 4 is 6.03 Å². The molecule has 2 amide bonds. The molecule has 0 aliphatic carbocycles. The second kappa shape index (κ2) is 5.67. The minimum absolute atomic E-state index is 0.0310. The van der Waals surface area contributed by atoms with Crippen molar-refractivity contribution in [2.45, 2.75) is 38.4 Å². The number of carbonyl (C=O) groups excluding carboxylic acids is 1. The number of hydrogen-bond acceptors (Lipinski definition) is 3. The molecule has 1 unspecified atom stereocenters. The Bertz CT molecular complexity index is 325. The molecular formula is C14H27N3O2. The molecule has 2 heterocycles. The van der Waals surface area contributed by atoms with Crippen LogP contribution in [0.15, 0.2) is 0 Å². The van der Waals surface area contributed by atoms with E-state index in [0.717, 1.165) is 45.6 Å². The average Bonchev–Trinajstić information content (AvgIpc) is 2.37. The first-order valence-corrected chi connectivity index (χ1v) is 7.32. The van der Waals surface area contributed by atoms with Crippen molar-refractivity contribution in [2.75, 3.05) is 46.8 Å². The predicted molar refractivity (Wildman–Crippen MR) is 75.3 cm³/mol. The molecule has 110 valence electrons. The average molecular weight is 269 g/mol. The van der Waals surface area contributed by atoms with Crippen LogP contribution in [0.5, 0.6) is 0 Å². The van der Waals surface area contributed by atoms with Gasteiger partial charge in [0.2, 0.25) is 0 Å². The second-order valence-corrected chi connectivity index (χ2v) is 6.10. The Morgan fingerprint density at radius 2 is 2.00 bits per heavy atom. The van der Waals surface area contributed by atoms with Crippen molar-refractivity contribution in [1.82, 2.24) is 14.7 Å². The highest BCUT2D eigenvalue weighted by Crippen LogP contribution is 2.32. The predicted octanol–water partition coefficient (Wildman–Crippen LogP) is 1.24. The summed E-state index contributed by atoms with van der Waals surface area (Å²) >= 11 is 0. The third-order valence-electron chi connectivity index (χ3n) is 4.25. The summed E-state index contributed by atoms with van der Waals surface area (Å²) in [7, 11) is 3.62. The van der Waals surface area contributed by atoms with Gasteiger partial charge in [-0.15, -0.1) is 0 Å². The molecule has 1 atom stereocenters. The molecule has 2 fully saturated rings. The molecule has 2 aliphatic heterocycles. The topological polar surface area (TPSA) is 36.0 Å². The second-order valence-electron chi connectivity index (χ2n) is 6.10. The van der Waals surface area contributed by atoms with Gasteiger partial charge in [0.1, 0.15) is 0 Å². The van der Waals surface area contributed by atoms with Gasteiger partial charge in [-0.2, -0.15) is 0 Å². The van der Waals surface area contributed by atoms with E-state index in [1.807, 2.05) is 19.0 Å². The lowest BCUT2D eigenvalue weighted by Gasteiger charge is -2.49. The standard InChI is InChI=1S/C14H27N3O2/c1-5-16-10-12(2)19-14(11-16)6-8-17(9-7-14)13(18)15(3)4/h12H,5-11H2,1-4H3. The number of carbonyl (C=O) groups is 1. The molecule has 0 saturated carbocycles. The Hall–Kier alpha value is -0.810. The van der Waals surface area contributed by atoms with Crippen LogP contribution in [0.4, 0.5) is 4.79 Å². The van der Waals surface area contributed by atoms with Crippen LogP contribution in [-0.2, 0) is 4.74 Å². The van der Waals surface area contributed by atoms with Crippen molar-refractivity contribution in [2.24, 2.45) is 0 Å². The fourth-order valence-corrected chi connectivity index (χ4v) is 3.24. The molecule has 0 bridgehead atoms. The van der Waals surface area contributed by atoms with Crippen LogP contribution in [0, 0.1) is 0 Å². The molecule has 2 saturated heterocycles. The molecule has 2 aliphatic rings. The van der Waals surface area contributed by atoms with Gasteiger partial charge in [-0.3, -0.25) is 4.90 Å². The molecule has 5 heteroatoms. The van der Waals surface area contributed by atoms with Crippen LogP contribution in [-0.4, -0.2) is 79.3 Å². The van der Waals surface area contributed by atoms with E-state index in [0.29, 0.717) is 6.10 Å². The number of urea groups is 1. The minimum Gasteiger partial charge on any atom is -0.369 e. The molecule has 5 nitrogen and oxygen atoms in total. The lowest BCUT2D eigenvalue weighted by Crippen LogP contribution is -2.60. The number of morpholine rings is 1. The highest BCUT2D eigenvalue weighted by Gasteiger charge is 2.42. The van der Waals surface area contributed by atoms with E-state index in [4.69, 9.17) is 4.74 Å². The van der Waals surface area contributed by atoms with Crippen molar-refractivity contribution in [1.29, 1.82) is 0 Å². The Balaban J connectivity index is 1.96. The van der Waals surface area contributed by atoms with Crippen LogP contribution in [0.25, 0.3) is 0 Å². The number of amides is 2. The molecule has 0 aromatic carbocycles. The number of likely N-dealkylation sites (tertiary alicyclic amines) is 1. The molecule has 0 aromatic heterocycles. The van der Waals surface area contributed by atoms with E-state index < -0.39 is 0 Å². The number of likely N-dealkylation sites (N-methyl/N-ethyl adjacent to an activating group) is 1. The summed E-state index contributed by atoms with van der Waals surface area (Å²) in [6, 6.07) is 0.117. The molecule has 19 heavy (non-hydrogen) atoms. The van der Waals surface area contributed by atoms with Gasteiger partial charge in [0.25, 0.3) is 0 Å². The fourth-order valence-electron chi connectivity index (χ4n) is 3.24. The maximum absolute atomic E-state index is 12.0.